The molecule has 0 N–H and O–H groups in total. The third kappa shape index (κ3) is 5.94. The molecule has 8 nitrogen and oxygen atoms in total. The van der Waals surface area contributed by atoms with E-state index in [0.717, 1.165) is 34.0 Å². The number of aromatic nitrogens is 2. The first-order chi connectivity index (χ1) is 16.2. The van der Waals surface area contributed by atoms with Crippen molar-refractivity contribution in [3.63, 3.8) is 0 Å². The summed E-state index contributed by atoms with van der Waals surface area (Å²) < 4.78 is 23.5. The van der Waals surface area contributed by atoms with Gasteiger partial charge in [0.2, 0.25) is 5.78 Å². The van der Waals surface area contributed by atoms with Crippen LogP contribution in [0, 0.1) is 27.7 Å². The molecule has 0 bridgehead atoms. The van der Waals surface area contributed by atoms with Crippen molar-refractivity contribution in [1.29, 1.82) is 0 Å². The van der Waals surface area contributed by atoms with E-state index in [9.17, 15) is 9.59 Å². The Balaban J connectivity index is 1.51. The molecule has 0 aliphatic heterocycles. The molecule has 8 heteroatoms. The normalized spacial score (nSPS) is 11.9. The smallest absolute Gasteiger partial charge is 0.310 e. The fraction of sp³-hybridized carbons (Fsp3) is 0.423. The lowest BCUT2D eigenvalue weighted by atomic mass is 10.1. The van der Waals surface area contributed by atoms with Crippen LogP contribution in [0.1, 0.15) is 57.3 Å². The van der Waals surface area contributed by atoms with Gasteiger partial charge in [-0.2, -0.15) is 0 Å². The Morgan fingerprint density at radius 2 is 1.82 bits per heavy atom. The second-order valence-electron chi connectivity index (χ2n) is 8.46. The number of nitrogens with zero attached hydrogens (tertiary/aromatic N) is 2. The standard InChI is InChI=1S/C26H32N2O6/c1-16-11-23(19(4)28(16)17(2)13-31-6)25(29)15-33-26(30)12-21-7-9-22(10-8-21)32-14-24-18(3)27-34-20(24)5/h7-11,17H,12-15H2,1-6H3/t17-/m0/s1. The van der Waals surface area contributed by atoms with Crippen molar-refractivity contribution >= 4 is 11.8 Å². The highest BCUT2D eigenvalue weighted by atomic mass is 16.5. The zero-order valence-electron chi connectivity index (χ0n) is 20.6. The summed E-state index contributed by atoms with van der Waals surface area (Å²) in [5.74, 6) is 0.725. The molecule has 2 aromatic heterocycles. The van der Waals surface area contributed by atoms with Gasteiger partial charge in [-0.15, -0.1) is 0 Å². The zero-order valence-corrected chi connectivity index (χ0v) is 20.6. The molecule has 2 heterocycles. The largest absolute Gasteiger partial charge is 0.489 e. The van der Waals surface area contributed by atoms with E-state index >= 15 is 0 Å². The number of Topliss-reactive ketones (excluding diaryl/α,β-unsaturated/α-hetero) is 1. The predicted octanol–water partition coefficient (Wildman–Crippen LogP) is 4.46. The lowest BCUT2D eigenvalue weighted by Gasteiger charge is -2.17. The maximum Gasteiger partial charge on any atom is 0.310 e. The number of carbonyl (C=O) groups is 2. The van der Waals surface area contributed by atoms with Crippen LogP contribution in [0.15, 0.2) is 34.9 Å². The quantitative estimate of drug-likeness (QED) is 0.303. The van der Waals surface area contributed by atoms with Crippen LogP contribution in [-0.4, -0.2) is 41.8 Å². The summed E-state index contributed by atoms with van der Waals surface area (Å²) in [5, 5.41) is 3.91. The lowest BCUT2D eigenvalue weighted by molar-refractivity contribution is -0.141. The number of aryl methyl sites for hydroxylation is 3. The number of esters is 1. The molecule has 1 aromatic carbocycles. The number of carbonyl (C=O) groups excluding carboxylic acids is 2. The molecule has 0 radical (unpaired) electrons. The van der Waals surface area contributed by atoms with Crippen LogP contribution in [0.3, 0.4) is 0 Å². The molecule has 1 atom stereocenters. The number of hydrogen-bond donors (Lipinski definition) is 0. The van der Waals surface area contributed by atoms with E-state index in [2.05, 4.69) is 9.72 Å². The van der Waals surface area contributed by atoms with Gasteiger partial charge in [0.15, 0.2) is 6.61 Å². The van der Waals surface area contributed by atoms with E-state index in [1.807, 2.05) is 40.7 Å². The molecule has 0 saturated heterocycles. The van der Waals surface area contributed by atoms with Crippen LogP contribution in [0.2, 0.25) is 0 Å². The minimum Gasteiger partial charge on any atom is -0.489 e. The van der Waals surface area contributed by atoms with Gasteiger partial charge >= 0.3 is 5.97 Å². The molecule has 34 heavy (non-hydrogen) atoms. The van der Waals surface area contributed by atoms with Gasteiger partial charge in [-0.1, -0.05) is 17.3 Å². The van der Waals surface area contributed by atoms with E-state index in [-0.39, 0.29) is 24.9 Å². The fourth-order valence-corrected chi connectivity index (χ4v) is 4.06. The molecular weight excluding hydrogens is 436 g/mol. The summed E-state index contributed by atoms with van der Waals surface area (Å²) in [6.07, 6.45) is 0.0708. The van der Waals surface area contributed by atoms with Crippen molar-refractivity contribution in [1.82, 2.24) is 9.72 Å². The highest BCUT2D eigenvalue weighted by Gasteiger charge is 2.20. The topological polar surface area (TPSA) is 92.8 Å². The third-order valence-corrected chi connectivity index (χ3v) is 5.83. The minimum absolute atomic E-state index is 0.0708. The van der Waals surface area contributed by atoms with Crippen LogP contribution < -0.4 is 4.74 Å². The molecule has 0 saturated carbocycles. The first-order valence-corrected chi connectivity index (χ1v) is 11.2. The van der Waals surface area contributed by atoms with Gasteiger partial charge < -0.3 is 23.3 Å². The lowest BCUT2D eigenvalue weighted by Crippen LogP contribution is -2.17. The SMILES string of the molecule is COC[C@H](C)n1c(C)cc(C(=O)COC(=O)Cc2ccc(OCc3c(C)noc3C)cc2)c1C. The highest BCUT2D eigenvalue weighted by Crippen LogP contribution is 2.22. The second-order valence-corrected chi connectivity index (χ2v) is 8.46. The van der Waals surface area contributed by atoms with Crippen LogP contribution in [0.25, 0.3) is 0 Å². The third-order valence-electron chi connectivity index (χ3n) is 5.83. The molecule has 0 aliphatic carbocycles. The van der Waals surface area contributed by atoms with Crippen molar-refractivity contribution in [2.75, 3.05) is 20.3 Å². The van der Waals surface area contributed by atoms with Crippen molar-refractivity contribution < 1.29 is 28.3 Å². The van der Waals surface area contributed by atoms with Crippen LogP contribution >= 0.6 is 0 Å². The monoisotopic (exact) mass is 468 g/mol. The van der Waals surface area contributed by atoms with E-state index in [1.165, 1.54) is 0 Å². The Hall–Kier alpha value is -3.39. The van der Waals surface area contributed by atoms with E-state index < -0.39 is 5.97 Å². The van der Waals surface area contributed by atoms with Crippen molar-refractivity contribution in [2.24, 2.45) is 0 Å². The predicted molar refractivity (Wildman–Crippen MR) is 126 cm³/mol. The van der Waals surface area contributed by atoms with Crippen LogP contribution in [0.4, 0.5) is 0 Å². The maximum atomic E-state index is 12.7. The molecular formula is C26H32N2O6. The minimum atomic E-state index is -0.459. The van der Waals surface area contributed by atoms with Crippen molar-refractivity contribution in [2.45, 2.75) is 53.7 Å². The number of ether oxygens (including phenoxy) is 3. The summed E-state index contributed by atoms with van der Waals surface area (Å²) in [5.41, 5.74) is 4.87. The second kappa shape index (κ2) is 11.2. The summed E-state index contributed by atoms with van der Waals surface area (Å²) in [7, 11) is 1.65. The van der Waals surface area contributed by atoms with Gasteiger partial charge in [-0.05, 0) is 58.4 Å². The Morgan fingerprint density at radius 3 is 2.44 bits per heavy atom. The zero-order chi connectivity index (χ0) is 24.8. The fourth-order valence-electron chi connectivity index (χ4n) is 4.06. The van der Waals surface area contributed by atoms with Gasteiger partial charge in [0.05, 0.1) is 30.3 Å². The molecule has 0 unspecified atom stereocenters. The van der Waals surface area contributed by atoms with E-state index in [4.69, 9.17) is 18.7 Å². The first-order valence-electron chi connectivity index (χ1n) is 11.2. The number of methoxy groups -OCH3 is 1. The van der Waals surface area contributed by atoms with E-state index in [0.29, 0.717) is 24.5 Å². The van der Waals surface area contributed by atoms with Crippen LogP contribution in [-0.2, 0) is 27.3 Å². The highest BCUT2D eigenvalue weighted by molar-refractivity contribution is 5.99. The van der Waals surface area contributed by atoms with Gasteiger partial charge in [-0.25, -0.2) is 0 Å². The summed E-state index contributed by atoms with van der Waals surface area (Å²) >= 11 is 0. The Labute approximate surface area is 199 Å². The average Bonchev–Trinajstić information content (AvgIpc) is 3.28. The molecule has 182 valence electrons. The number of ketones is 1. The first kappa shape index (κ1) is 25.2. The van der Waals surface area contributed by atoms with Gasteiger partial charge in [0.1, 0.15) is 18.1 Å². The summed E-state index contributed by atoms with van der Waals surface area (Å²) in [6.45, 7) is 10.2. The van der Waals surface area contributed by atoms with Crippen LogP contribution in [0.5, 0.6) is 5.75 Å². The van der Waals surface area contributed by atoms with Gasteiger partial charge in [-0.3, -0.25) is 9.59 Å². The molecule has 3 aromatic rings. The number of rotatable bonds is 11. The van der Waals surface area contributed by atoms with Crippen molar-refractivity contribution in [3.05, 3.63) is 69.9 Å². The average molecular weight is 469 g/mol. The summed E-state index contributed by atoms with van der Waals surface area (Å²) in [6, 6.07) is 9.13. The van der Waals surface area contributed by atoms with Gasteiger partial charge in [0, 0.05) is 24.1 Å². The molecule has 0 amide bonds. The van der Waals surface area contributed by atoms with E-state index in [1.54, 1.807) is 31.4 Å². The number of hydrogen-bond acceptors (Lipinski definition) is 7. The van der Waals surface area contributed by atoms with Gasteiger partial charge in [0.25, 0.3) is 0 Å². The summed E-state index contributed by atoms with van der Waals surface area (Å²) in [4.78, 5) is 25.0. The Morgan fingerprint density at radius 1 is 1.12 bits per heavy atom. The molecule has 0 fully saturated rings. The Kier molecular flexibility index (Phi) is 8.28. The molecule has 3 rings (SSSR count). The molecule has 0 spiro atoms. The van der Waals surface area contributed by atoms with Crippen molar-refractivity contribution in [3.8, 4) is 5.75 Å². The maximum absolute atomic E-state index is 12.7. The number of benzene rings is 1. The Bertz CT molecular complexity index is 1120. The molecule has 0 aliphatic rings.